The number of halogens is 1. The number of carbonyl (C=O) groups excluding carboxylic acids is 3. The van der Waals surface area contributed by atoms with Crippen LogP contribution in [-0.4, -0.2) is 40.5 Å². The molecule has 0 spiro atoms. The van der Waals surface area contributed by atoms with Gasteiger partial charge in [-0.15, -0.1) is 11.3 Å². The van der Waals surface area contributed by atoms with Crippen LogP contribution < -0.4 is 10.1 Å². The lowest BCUT2D eigenvalue weighted by atomic mass is 10.1. The zero-order chi connectivity index (χ0) is 26.1. The van der Waals surface area contributed by atoms with E-state index in [0.29, 0.717) is 36.0 Å². The zero-order valence-electron chi connectivity index (χ0n) is 19.1. The summed E-state index contributed by atoms with van der Waals surface area (Å²) in [5.41, 5.74) is 1.02. The molecule has 5 rings (SSSR count). The molecule has 3 heterocycles. The van der Waals surface area contributed by atoms with Crippen molar-refractivity contribution in [3.63, 3.8) is 0 Å². The minimum absolute atomic E-state index is 0.0189. The summed E-state index contributed by atoms with van der Waals surface area (Å²) in [7, 11) is 1.53. The third kappa shape index (κ3) is 5.12. The number of ether oxygens (including phenoxy) is 1. The van der Waals surface area contributed by atoms with E-state index in [4.69, 9.17) is 21.4 Å². The Hall–Kier alpha value is -3.25. The molecule has 7 nitrogen and oxygen atoms in total. The fourth-order valence-corrected chi connectivity index (χ4v) is 6.25. The van der Waals surface area contributed by atoms with Crippen LogP contribution >= 0.6 is 51.2 Å². The third-order valence-electron chi connectivity index (χ3n) is 5.47. The van der Waals surface area contributed by atoms with E-state index in [-0.39, 0.29) is 23.9 Å². The lowest BCUT2D eigenvalue weighted by Gasteiger charge is -2.14. The summed E-state index contributed by atoms with van der Waals surface area (Å²) >= 11 is 11.4. The van der Waals surface area contributed by atoms with E-state index >= 15 is 0 Å². The van der Waals surface area contributed by atoms with E-state index in [9.17, 15) is 14.4 Å². The molecule has 1 fully saturated rings. The molecule has 2 amide bonds. The molecule has 1 N–H and O–H groups in total. The molecule has 1 saturated heterocycles. The second kappa shape index (κ2) is 10.6. The smallest absolute Gasteiger partial charge is 0.266 e. The number of hydrogen-bond donors (Lipinski definition) is 1. The first-order valence-electron chi connectivity index (χ1n) is 10.8. The monoisotopic (exact) mass is 612 g/mol. The number of methoxy groups -OCH3 is 1. The van der Waals surface area contributed by atoms with Crippen molar-refractivity contribution in [3.05, 3.63) is 85.6 Å². The number of thiocarbonyl (C=S) groups is 1. The number of amides is 2. The average molecular weight is 614 g/mol. The number of thiophene rings is 1. The zero-order valence-corrected chi connectivity index (χ0v) is 23.2. The molecule has 2 aromatic carbocycles. The Balaban J connectivity index is 1.41. The lowest BCUT2D eigenvalue weighted by Crippen LogP contribution is -2.36. The second-order valence-electron chi connectivity index (χ2n) is 7.81. The fraction of sp³-hybridized carbons (Fsp3) is 0.0769. The molecule has 37 heavy (non-hydrogen) atoms. The number of hydrogen-bond acceptors (Lipinski definition) is 8. The second-order valence-corrected chi connectivity index (χ2v) is 11.3. The molecule has 0 aliphatic carbocycles. The Morgan fingerprint density at radius 1 is 1.19 bits per heavy atom. The van der Waals surface area contributed by atoms with Gasteiger partial charge in [0.25, 0.3) is 5.91 Å². The molecule has 1 aliphatic heterocycles. The van der Waals surface area contributed by atoms with Gasteiger partial charge in [-0.25, -0.2) is 0 Å². The number of ketones is 1. The van der Waals surface area contributed by atoms with Crippen LogP contribution in [0, 0.1) is 0 Å². The number of carbonyl (C=O) groups is 3. The molecule has 0 saturated carbocycles. The average Bonchev–Trinajstić information content (AvgIpc) is 3.59. The maximum absolute atomic E-state index is 13.4. The Morgan fingerprint density at radius 2 is 2.00 bits per heavy atom. The summed E-state index contributed by atoms with van der Waals surface area (Å²) in [6.07, 6.45) is 1.76. The molecule has 4 aromatic rings. The highest BCUT2D eigenvalue weighted by atomic mass is 79.9. The number of furan rings is 1. The fourth-order valence-electron chi connectivity index (χ4n) is 3.73. The van der Waals surface area contributed by atoms with Crippen molar-refractivity contribution >= 4 is 95.9 Å². The van der Waals surface area contributed by atoms with E-state index in [2.05, 4.69) is 21.2 Å². The van der Waals surface area contributed by atoms with Gasteiger partial charge in [-0.3, -0.25) is 19.3 Å². The van der Waals surface area contributed by atoms with Gasteiger partial charge in [-0.1, -0.05) is 42.2 Å². The van der Waals surface area contributed by atoms with Crippen LogP contribution in [0.1, 0.15) is 21.0 Å². The maximum atomic E-state index is 13.4. The first-order valence-corrected chi connectivity index (χ1v) is 13.7. The SMILES string of the molecule is COc1ccc(C(=O)c2oc3ccccc3c2NC(=O)CN2C(=O)/C(=C/c3cccs3)SC2=S)cc1Br. The summed E-state index contributed by atoms with van der Waals surface area (Å²) in [6.45, 7) is -0.298. The number of rotatable bonds is 7. The van der Waals surface area contributed by atoms with Gasteiger partial charge in [0.1, 0.15) is 22.2 Å². The molecule has 0 unspecified atom stereocenters. The topological polar surface area (TPSA) is 88.8 Å². The highest BCUT2D eigenvalue weighted by Crippen LogP contribution is 2.35. The normalized spacial score (nSPS) is 14.5. The summed E-state index contributed by atoms with van der Waals surface area (Å²) in [6, 6.07) is 15.7. The quantitative estimate of drug-likeness (QED) is 0.148. The van der Waals surface area contributed by atoms with Crippen molar-refractivity contribution in [3.8, 4) is 5.75 Å². The first kappa shape index (κ1) is 25.4. The number of anilines is 1. The lowest BCUT2D eigenvalue weighted by molar-refractivity contribution is -0.126. The van der Waals surface area contributed by atoms with Crippen LogP contribution in [0.15, 0.2) is 73.8 Å². The number of para-hydroxylation sites is 1. The molecular formula is C26H17BrN2O5S3. The first-order chi connectivity index (χ1) is 17.9. The van der Waals surface area contributed by atoms with Crippen molar-refractivity contribution < 1.29 is 23.5 Å². The summed E-state index contributed by atoms with van der Waals surface area (Å²) in [5.74, 6) is -0.708. The Labute approximate surface area is 233 Å². The molecule has 0 radical (unpaired) electrons. The van der Waals surface area contributed by atoms with Crippen LogP contribution in [0.4, 0.5) is 5.69 Å². The minimum Gasteiger partial charge on any atom is -0.496 e. The van der Waals surface area contributed by atoms with E-state index in [1.807, 2.05) is 17.5 Å². The predicted octanol–water partition coefficient (Wildman–Crippen LogP) is 6.34. The van der Waals surface area contributed by atoms with Gasteiger partial charge in [0, 0.05) is 15.8 Å². The van der Waals surface area contributed by atoms with Gasteiger partial charge < -0.3 is 14.5 Å². The molecule has 0 bridgehead atoms. The predicted molar refractivity (Wildman–Crippen MR) is 153 cm³/mol. The maximum Gasteiger partial charge on any atom is 0.266 e. The molecule has 2 aromatic heterocycles. The standard InChI is InChI=1S/C26H17BrN2O5S3/c1-33-19-9-8-14(11-17(19)27)23(31)24-22(16-6-2-3-7-18(16)34-24)28-21(30)13-29-25(32)20(37-26(29)35)12-15-5-4-10-36-15/h2-12H,13H2,1H3,(H,28,30)/b20-12-. The van der Waals surface area contributed by atoms with Gasteiger partial charge in [0.2, 0.25) is 11.7 Å². The van der Waals surface area contributed by atoms with Gasteiger partial charge in [0.15, 0.2) is 5.76 Å². The van der Waals surface area contributed by atoms with Gasteiger partial charge in [0.05, 0.1) is 22.2 Å². The summed E-state index contributed by atoms with van der Waals surface area (Å²) < 4.78 is 12.0. The highest BCUT2D eigenvalue weighted by Gasteiger charge is 2.34. The number of nitrogens with zero attached hydrogens (tertiary/aromatic N) is 1. The van der Waals surface area contributed by atoms with Crippen LogP contribution in [0.2, 0.25) is 0 Å². The number of fused-ring (bicyclic) bond motifs is 1. The Bertz CT molecular complexity index is 1590. The molecular weight excluding hydrogens is 596 g/mol. The van der Waals surface area contributed by atoms with Gasteiger partial charge in [-0.2, -0.15) is 0 Å². The van der Waals surface area contributed by atoms with Crippen molar-refractivity contribution in [2.24, 2.45) is 0 Å². The van der Waals surface area contributed by atoms with Gasteiger partial charge >= 0.3 is 0 Å². The van der Waals surface area contributed by atoms with Crippen molar-refractivity contribution in [2.45, 2.75) is 0 Å². The molecule has 11 heteroatoms. The van der Waals surface area contributed by atoms with Crippen LogP contribution in [0.5, 0.6) is 5.75 Å². The van der Waals surface area contributed by atoms with Crippen molar-refractivity contribution in [1.82, 2.24) is 4.90 Å². The van der Waals surface area contributed by atoms with Crippen LogP contribution in [-0.2, 0) is 9.59 Å². The third-order valence-corrected chi connectivity index (χ3v) is 8.29. The van der Waals surface area contributed by atoms with Crippen LogP contribution in [0.25, 0.3) is 17.0 Å². The number of thioether (sulfide) groups is 1. The van der Waals surface area contributed by atoms with Crippen molar-refractivity contribution in [1.29, 1.82) is 0 Å². The van der Waals surface area contributed by atoms with Crippen LogP contribution in [0.3, 0.4) is 0 Å². The molecule has 186 valence electrons. The van der Waals surface area contributed by atoms with E-state index in [1.54, 1.807) is 48.5 Å². The Kier molecular flexibility index (Phi) is 7.29. The summed E-state index contributed by atoms with van der Waals surface area (Å²) in [5, 5.41) is 5.26. The summed E-state index contributed by atoms with van der Waals surface area (Å²) in [4.78, 5) is 42.1. The Morgan fingerprint density at radius 3 is 2.73 bits per heavy atom. The van der Waals surface area contributed by atoms with E-state index in [0.717, 1.165) is 16.6 Å². The van der Waals surface area contributed by atoms with E-state index in [1.165, 1.54) is 23.3 Å². The minimum atomic E-state index is -0.509. The largest absolute Gasteiger partial charge is 0.496 e. The van der Waals surface area contributed by atoms with Crippen molar-refractivity contribution in [2.75, 3.05) is 19.0 Å². The highest BCUT2D eigenvalue weighted by molar-refractivity contribution is 9.10. The van der Waals surface area contributed by atoms with E-state index < -0.39 is 11.7 Å². The molecule has 0 atom stereocenters. The number of benzene rings is 2. The number of nitrogens with one attached hydrogen (secondary N) is 1. The molecule has 1 aliphatic rings. The van der Waals surface area contributed by atoms with Gasteiger partial charge in [-0.05, 0) is 63.8 Å².